The quantitative estimate of drug-likeness (QED) is 0.526. The zero-order chi connectivity index (χ0) is 19.4. The Kier molecular flexibility index (Phi) is 4.98. The van der Waals surface area contributed by atoms with Crippen molar-refractivity contribution in [1.29, 1.82) is 5.26 Å². The van der Waals surface area contributed by atoms with Crippen LogP contribution in [0.25, 0.3) is 5.65 Å². The lowest BCUT2D eigenvalue weighted by molar-refractivity contribution is -0.118. The molecule has 3 aromatic rings. The topological polar surface area (TPSA) is 142 Å². The number of anilines is 2. The van der Waals surface area contributed by atoms with E-state index >= 15 is 0 Å². The number of nitrogens with zero attached hydrogens (tertiary/aromatic N) is 6. The third-order valence-electron chi connectivity index (χ3n) is 3.58. The van der Waals surface area contributed by atoms with Crippen molar-refractivity contribution in [2.45, 2.75) is 6.92 Å². The highest BCUT2D eigenvalue weighted by Crippen LogP contribution is 2.15. The molecule has 0 aliphatic rings. The van der Waals surface area contributed by atoms with Crippen molar-refractivity contribution in [3.63, 3.8) is 0 Å². The number of carbonyl (C=O) groups excluding carboxylic acids is 2. The standard InChI is InChI=1S/C16H17N9O2/c1-10(26)18-5-6-19-14-3-4-15-20-8-13(25(15)23-14)16(27)21-12-9-24(2)22-11(12)7-17/h3-4,8-9H,5-6H2,1-2H3,(H,18,26)(H,19,23)(H,21,27). The number of aromatic nitrogens is 5. The summed E-state index contributed by atoms with van der Waals surface area (Å²) in [7, 11) is 1.66. The van der Waals surface area contributed by atoms with Crippen molar-refractivity contribution in [3.8, 4) is 6.07 Å². The van der Waals surface area contributed by atoms with Gasteiger partial charge in [-0.05, 0) is 12.1 Å². The van der Waals surface area contributed by atoms with Crippen molar-refractivity contribution in [1.82, 2.24) is 29.7 Å². The van der Waals surface area contributed by atoms with Crippen molar-refractivity contribution in [3.05, 3.63) is 35.9 Å². The Balaban J connectivity index is 1.77. The van der Waals surface area contributed by atoms with Crippen LogP contribution in [0.2, 0.25) is 0 Å². The van der Waals surface area contributed by atoms with Crippen LogP contribution >= 0.6 is 0 Å². The van der Waals surface area contributed by atoms with Gasteiger partial charge >= 0.3 is 0 Å². The maximum atomic E-state index is 12.6. The molecular formula is C16H17N9O2. The summed E-state index contributed by atoms with van der Waals surface area (Å²) in [4.78, 5) is 27.6. The van der Waals surface area contributed by atoms with E-state index in [4.69, 9.17) is 5.26 Å². The van der Waals surface area contributed by atoms with Crippen molar-refractivity contribution in [2.24, 2.45) is 7.05 Å². The van der Waals surface area contributed by atoms with Crippen LogP contribution in [0.3, 0.4) is 0 Å². The van der Waals surface area contributed by atoms with E-state index in [0.29, 0.717) is 30.2 Å². The number of amides is 2. The van der Waals surface area contributed by atoms with Gasteiger partial charge < -0.3 is 16.0 Å². The van der Waals surface area contributed by atoms with Gasteiger partial charge in [0, 0.05) is 33.3 Å². The van der Waals surface area contributed by atoms with Crippen LogP contribution in [0.4, 0.5) is 11.5 Å². The smallest absolute Gasteiger partial charge is 0.276 e. The summed E-state index contributed by atoms with van der Waals surface area (Å²) in [6.07, 6.45) is 2.95. The van der Waals surface area contributed by atoms with E-state index in [1.807, 2.05) is 6.07 Å². The summed E-state index contributed by atoms with van der Waals surface area (Å²) >= 11 is 0. The van der Waals surface area contributed by atoms with E-state index in [-0.39, 0.29) is 17.3 Å². The third-order valence-corrected chi connectivity index (χ3v) is 3.58. The van der Waals surface area contributed by atoms with E-state index in [9.17, 15) is 9.59 Å². The van der Waals surface area contributed by atoms with Crippen LogP contribution in [0, 0.1) is 11.3 Å². The lowest BCUT2D eigenvalue weighted by Crippen LogP contribution is -2.26. The van der Waals surface area contributed by atoms with Crippen LogP contribution in [-0.2, 0) is 11.8 Å². The molecule has 0 bridgehead atoms. The Morgan fingerprint density at radius 1 is 1.26 bits per heavy atom. The minimum Gasteiger partial charge on any atom is -0.367 e. The lowest BCUT2D eigenvalue weighted by Gasteiger charge is -2.07. The zero-order valence-electron chi connectivity index (χ0n) is 14.7. The molecule has 27 heavy (non-hydrogen) atoms. The second-order valence-corrected chi connectivity index (χ2v) is 5.67. The second kappa shape index (κ2) is 7.52. The number of rotatable bonds is 6. The molecule has 3 N–H and O–H groups in total. The molecule has 0 aliphatic carbocycles. The number of nitrogens with one attached hydrogen (secondary N) is 3. The fraction of sp³-hybridized carbons (Fsp3) is 0.250. The summed E-state index contributed by atoms with van der Waals surface area (Å²) in [6, 6.07) is 5.37. The van der Waals surface area contributed by atoms with E-state index in [0.717, 1.165) is 0 Å². The molecule has 11 heteroatoms. The Bertz CT molecular complexity index is 1040. The number of hydrogen-bond acceptors (Lipinski definition) is 7. The molecule has 0 aromatic carbocycles. The molecule has 0 fully saturated rings. The van der Waals surface area contributed by atoms with E-state index in [1.54, 1.807) is 25.4 Å². The highest BCUT2D eigenvalue weighted by atomic mass is 16.2. The van der Waals surface area contributed by atoms with E-state index in [2.05, 4.69) is 31.1 Å². The molecule has 0 atom stereocenters. The first-order valence-electron chi connectivity index (χ1n) is 8.06. The minimum absolute atomic E-state index is 0.110. The average molecular weight is 367 g/mol. The summed E-state index contributed by atoms with van der Waals surface area (Å²) in [5.41, 5.74) is 1.14. The fourth-order valence-corrected chi connectivity index (χ4v) is 2.40. The molecule has 0 unspecified atom stereocenters. The Morgan fingerprint density at radius 2 is 2.07 bits per heavy atom. The summed E-state index contributed by atoms with van der Waals surface area (Å²) in [5.74, 6) is -0.0465. The van der Waals surface area contributed by atoms with Gasteiger partial charge in [0.25, 0.3) is 5.91 Å². The van der Waals surface area contributed by atoms with Crippen LogP contribution in [0.5, 0.6) is 0 Å². The molecule has 0 saturated heterocycles. The van der Waals surface area contributed by atoms with Gasteiger partial charge in [-0.2, -0.15) is 10.4 Å². The number of aryl methyl sites for hydroxylation is 1. The summed E-state index contributed by atoms with van der Waals surface area (Å²) in [6.45, 7) is 2.38. The predicted molar refractivity (Wildman–Crippen MR) is 96.0 cm³/mol. The Labute approximate surface area is 154 Å². The number of fused-ring (bicyclic) bond motifs is 1. The molecule has 0 saturated carbocycles. The molecule has 0 spiro atoms. The second-order valence-electron chi connectivity index (χ2n) is 5.67. The molecule has 0 radical (unpaired) electrons. The zero-order valence-corrected chi connectivity index (χ0v) is 14.7. The largest absolute Gasteiger partial charge is 0.367 e. The highest BCUT2D eigenvalue weighted by molar-refractivity contribution is 6.03. The molecule has 3 heterocycles. The monoisotopic (exact) mass is 367 g/mol. The fourth-order valence-electron chi connectivity index (χ4n) is 2.40. The van der Waals surface area contributed by atoms with Crippen LogP contribution < -0.4 is 16.0 Å². The first-order valence-corrected chi connectivity index (χ1v) is 8.06. The van der Waals surface area contributed by atoms with Crippen LogP contribution in [0.15, 0.2) is 24.5 Å². The van der Waals surface area contributed by atoms with Gasteiger partial charge in [-0.1, -0.05) is 0 Å². The molecule has 3 aromatic heterocycles. The molecular weight excluding hydrogens is 350 g/mol. The van der Waals surface area contributed by atoms with Gasteiger partial charge in [0.05, 0.1) is 11.9 Å². The van der Waals surface area contributed by atoms with Gasteiger partial charge in [0.1, 0.15) is 11.9 Å². The maximum Gasteiger partial charge on any atom is 0.276 e. The first-order chi connectivity index (χ1) is 13.0. The number of imidazole rings is 1. The molecule has 11 nitrogen and oxygen atoms in total. The van der Waals surface area contributed by atoms with E-state index < -0.39 is 5.91 Å². The van der Waals surface area contributed by atoms with Crippen LogP contribution in [-0.4, -0.2) is 49.3 Å². The molecule has 3 rings (SSSR count). The Hall–Kier alpha value is -3.94. The number of hydrogen-bond donors (Lipinski definition) is 3. The lowest BCUT2D eigenvalue weighted by atomic mass is 10.3. The molecule has 2 amide bonds. The van der Waals surface area contributed by atoms with Gasteiger partial charge in [0.15, 0.2) is 17.0 Å². The number of nitriles is 1. The van der Waals surface area contributed by atoms with Gasteiger partial charge in [-0.3, -0.25) is 14.3 Å². The number of carbonyl (C=O) groups is 2. The maximum absolute atomic E-state index is 12.6. The molecule has 138 valence electrons. The average Bonchev–Trinajstić information content (AvgIpc) is 3.21. The minimum atomic E-state index is -0.463. The third kappa shape index (κ3) is 4.01. The highest BCUT2D eigenvalue weighted by Gasteiger charge is 2.17. The SMILES string of the molecule is CC(=O)NCCNc1ccc2ncc(C(=O)Nc3cn(C)nc3C#N)n2n1. The normalized spacial score (nSPS) is 10.4. The molecule has 0 aliphatic heterocycles. The van der Waals surface area contributed by atoms with Gasteiger partial charge in [-0.15, -0.1) is 5.10 Å². The summed E-state index contributed by atoms with van der Waals surface area (Å²) in [5, 5.41) is 25.8. The van der Waals surface area contributed by atoms with Crippen molar-refractivity contribution in [2.75, 3.05) is 23.7 Å². The first kappa shape index (κ1) is 17.9. The van der Waals surface area contributed by atoms with E-state index in [1.165, 1.54) is 22.3 Å². The Morgan fingerprint density at radius 3 is 2.81 bits per heavy atom. The van der Waals surface area contributed by atoms with Gasteiger partial charge in [-0.25, -0.2) is 9.50 Å². The van der Waals surface area contributed by atoms with Crippen molar-refractivity contribution < 1.29 is 9.59 Å². The van der Waals surface area contributed by atoms with Crippen LogP contribution in [0.1, 0.15) is 23.1 Å². The van der Waals surface area contributed by atoms with Crippen molar-refractivity contribution >= 4 is 29.0 Å². The summed E-state index contributed by atoms with van der Waals surface area (Å²) < 4.78 is 2.84. The predicted octanol–water partition coefficient (Wildman–Crippen LogP) is 0.135. The van der Waals surface area contributed by atoms with Gasteiger partial charge in [0.2, 0.25) is 5.91 Å².